The summed E-state index contributed by atoms with van der Waals surface area (Å²) in [4.78, 5) is 28.9. The lowest BCUT2D eigenvalue weighted by molar-refractivity contribution is -0.134. The maximum atomic E-state index is 12.7. The molecule has 1 aromatic heterocycles. The molecule has 6 nitrogen and oxygen atoms in total. The summed E-state index contributed by atoms with van der Waals surface area (Å²) >= 11 is 0. The Balaban J connectivity index is 1.36. The number of esters is 1. The fourth-order valence-electron chi connectivity index (χ4n) is 5.53. The second-order valence-electron chi connectivity index (χ2n) is 8.32. The predicted molar refractivity (Wildman–Crippen MR) is 94.7 cm³/mol. The van der Waals surface area contributed by atoms with Gasteiger partial charge in [0.1, 0.15) is 0 Å². The first-order valence-electron chi connectivity index (χ1n) is 9.49. The molecule has 26 heavy (non-hydrogen) atoms. The van der Waals surface area contributed by atoms with Gasteiger partial charge >= 0.3 is 5.97 Å². The van der Waals surface area contributed by atoms with Gasteiger partial charge in [-0.05, 0) is 69.3 Å². The van der Waals surface area contributed by atoms with Crippen molar-refractivity contribution in [1.29, 1.82) is 0 Å². The highest BCUT2D eigenvalue weighted by molar-refractivity contribution is 5.92. The molecular formula is C20H26N2O4. The number of nitrogens with one attached hydrogen (secondary N) is 1. The van der Waals surface area contributed by atoms with E-state index in [1.165, 1.54) is 32.6 Å². The molecule has 5 rings (SSSR count). The number of pyridine rings is 1. The molecule has 1 heterocycles. The molecule has 4 aliphatic rings. The Morgan fingerprint density at radius 3 is 2.27 bits per heavy atom. The summed E-state index contributed by atoms with van der Waals surface area (Å²) in [7, 11) is 1.51. The number of amides is 1. The molecule has 4 fully saturated rings. The lowest BCUT2D eigenvalue weighted by Crippen LogP contribution is -2.61. The van der Waals surface area contributed by atoms with Gasteiger partial charge in [0.25, 0.3) is 5.91 Å². The smallest absolute Gasteiger partial charge is 0.340 e. The van der Waals surface area contributed by atoms with Crippen molar-refractivity contribution < 1.29 is 19.1 Å². The number of rotatable bonds is 5. The minimum Gasteiger partial charge on any atom is -0.481 e. The standard InChI is InChI=1S/C20H26N2O4/c1-12(26-19(24)16-3-4-17(25-2)21-11-16)18(23)22-20-8-13-5-14(9-20)7-15(6-13)10-20/h3-4,11-15H,5-10H2,1-2H3,(H,22,23)/t12-,13?,14?,15?,20?/m0/s1. The van der Waals surface area contributed by atoms with E-state index in [1.807, 2.05) is 0 Å². The fourth-order valence-corrected chi connectivity index (χ4v) is 5.53. The van der Waals surface area contributed by atoms with Crippen molar-refractivity contribution in [3.63, 3.8) is 0 Å². The van der Waals surface area contributed by atoms with E-state index in [1.54, 1.807) is 19.1 Å². The van der Waals surface area contributed by atoms with Gasteiger partial charge in [-0.25, -0.2) is 9.78 Å². The third kappa shape index (κ3) is 3.29. The summed E-state index contributed by atoms with van der Waals surface area (Å²) in [6.45, 7) is 1.63. The van der Waals surface area contributed by atoms with Crippen LogP contribution in [0.4, 0.5) is 0 Å². The molecule has 6 heteroatoms. The zero-order chi connectivity index (χ0) is 18.3. The molecule has 0 unspecified atom stereocenters. The van der Waals surface area contributed by atoms with Crippen molar-refractivity contribution in [3.05, 3.63) is 23.9 Å². The van der Waals surface area contributed by atoms with E-state index in [9.17, 15) is 9.59 Å². The number of carbonyl (C=O) groups excluding carboxylic acids is 2. The molecule has 1 atom stereocenters. The third-order valence-corrected chi connectivity index (χ3v) is 6.26. The quantitative estimate of drug-likeness (QED) is 0.819. The number of ether oxygens (including phenoxy) is 2. The van der Waals surface area contributed by atoms with E-state index >= 15 is 0 Å². The minimum atomic E-state index is -0.822. The highest BCUT2D eigenvalue weighted by Gasteiger charge is 2.51. The largest absolute Gasteiger partial charge is 0.481 e. The topological polar surface area (TPSA) is 77.5 Å². The van der Waals surface area contributed by atoms with Crippen molar-refractivity contribution in [2.75, 3.05) is 7.11 Å². The summed E-state index contributed by atoms with van der Waals surface area (Å²) in [5, 5.41) is 3.25. The second kappa shape index (κ2) is 6.56. The Kier molecular flexibility index (Phi) is 4.37. The summed E-state index contributed by atoms with van der Waals surface area (Å²) in [5.74, 6) is 1.95. The van der Waals surface area contributed by atoms with Crippen LogP contribution in [-0.2, 0) is 9.53 Å². The average molecular weight is 358 g/mol. The Morgan fingerprint density at radius 2 is 1.77 bits per heavy atom. The van der Waals surface area contributed by atoms with Crippen molar-refractivity contribution in [1.82, 2.24) is 10.3 Å². The van der Waals surface area contributed by atoms with E-state index in [-0.39, 0.29) is 11.4 Å². The van der Waals surface area contributed by atoms with Crippen LogP contribution in [-0.4, -0.2) is 35.6 Å². The number of methoxy groups -OCH3 is 1. The van der Waals surface area contributed by atoms with E-state index in [0.717, 1.165) is 37.0 Å². The normalized spacial score (nSPS) is 32.8. The van der Waals surface area contributed by atoms with Crippen LogP contribution >= 0.6 is 0 Å². The zero-order valence-corrected chi connectivity index (χ0v) is 15.4. The van der Waals surface area contributed by atoms with Gasteiger partial charge in [0, 0.05) is 17.8 Å². The zero-order valence-electron chi connectivity index (χ0n) is 15.4. The minimum absolute atomic E-state index is 0.0752. The molecule has 0 spiro atoms. The summed E-state index contributed by atoms with van der Waals surface area (Å²) in [5.41, 5.74) is 0.231. The molecule has 0 saturated heterocycles. The van der Waals surface area contributed by atoms with E-state index in [2.05, 4.69) is 10.3 Å². The Bertz CT molecular complexity index is 665. The monoisotopic (exact) mass is 358 g/mol. The first-order chi connectivity index (χ1) is 12.5. The highest BCUT2D eigenvalue weighted by atomic mass is 16.5. The van der Waals surface area contributed by atoms with Gasteiger partial charge < -0.3 is 14.8 Å². The van der Waals surface area contributed by atoms with E-state index < -0.39 is 12.1 Å². The van der Waals surface area contributed by atoms with Crippen LogP contribution < -0.4 is 10.1 Å². The highest BCUT2D eigenvalue weighted by Crippen LogP contribution is 2.55. The third-order valence-electron chi connectivity index (χ3n) is 6.26. The van der Waals surface area contributed by atoms with Gasteiger partial charge in [0.2, 0.25) is 5.88 Å². The number of nitrogens with zero attached hydrogens (tertiary/aromatic N) is 1. The molecular weight excluding hydrogens is 332 g/mol. The summed E-state index contributed by atoms with van der Waals surface area (Å²) in [6, 6.07) is 3.18. The van der Waals surface area contributed by atoms with Gasteiger partial charge in [-0.2, -0.15) is 0 Å². The molecule has 1 aromatic rings. The van der Waals surface area contributed by atoms with Crippen LogP contribution in [0.15, 0.2) is 18.3 Å². The van der Waals surface area contributed by atoms with Crippen molar-refractivity contribution in [2.24, 2.45) is 17.8 Å². The van der Waals surface area contributed by atoms with E-state index in [0.29, 0.717) is 11.4 Å². The number of hydrogen-bond acceptors (Lipinski definition) is 5. The van der Waals surface area contributed by atoms with Crippen molar-refractivity contribution in [3.8, 4) is 5.88 Å². The average Bonchev–Trinajstić information content (AvgIpc) is 2.60. The molecule has 4 aliphatic carbocycles. The van der Waals surface area contributed by atoms with Crippen LogP contribution in [0.2, 0.25) is 0 Å². The second-order valence-corrected chi connectivity index (χ2v) is 8.32. The number of carbonyl (C=O) groups is 2. The Morgan fingerprint density at radius 1 is 1.15 bits per heavy atom. The van der Waals surface area contributed by atoms with Crippen LogP contribution in [0.3, 0.4) is 0 Å². The lowest BCUT2D eigenvalue weighted by atomic mass is 9.53. The molecule has 0 aromatic carbocycles. The van der Waals surface area contributed by atoms with Crippen LogP contribution in [0.1, 0.15) is 55.8 Å². The summed E-state index contributed by atoms with van der Waals surface area (Å²) in [6.07, 6.45) is 7.77. The first-order valence-corrected chi connectivity index (χ1v) is 9.49. The number of hydrogen-bond donors (Lipinski definition) is 1. The Labute approximate surface area is 153 Å². The van der Waals surface area contributed by atoms with Crippen molar-refractivity contribution >= 4 is 11.9 Å². The van der Waals surface area contributed by atoms with E-state index in [4.69, 9.17) is 9.47 Å². The fraction of sp³-hybridized carbons (Fsp3) is 0.650. The molecule has 0 radical (unpaired) electrons. The predicted octanol–water partition coefficient (Wildman–Crippen LogP) is 2.72. The maximum absolute atomic E-state index is 12.7. The summed E-state index contributed by atoms with van der Waals surface area (Å²) < 4.78 is 10.3. The molecule has 1 amide bonds. The SMILES string of the molecule is COc1ccc(C(=O)O[C@@H](C)C(=O)NC23CC4CC(CC(C4)C2)C3)cn1. The van der Waals surface area contributed by atoms with Gasteiger partial charge in [-0.3, -0.25) is 4.79 Å². The first kappa shape index (κ1) is 17.3. The molecule has 0 aliphatic heterocycles. The molecule has 1 N–H and O–H groups in total. The van der Waals surface area contributed by atoms with Gasteiger partial charge in [-0.15, -0.1) is 0 Å². The van der Waals surface area contributed by atoms with Crippen LogP contribution in [0.5, 0.6) is 5.88 Å². The molecule has 140 valence electrons. The Hall–Kier alpha value is -2.11. The van der Waals surface area contributed by atoms with Gasteiger partial charge in [0.05, 0.1) is 12.7 Å². The molecule has 4 saturated carbocycles. The van der Waals surface area contributed by atoms with Crippen LogP contribution in [0, 0.1) is 17.8 Å². The van der Waals surface area contributed by atoms with Crippen LogP contribution in [0.25, 0.3) is 0 Å². The molecule has 4 bridgehead atoms. The van der Waals surface area contributed by atoms with Gasteiger partial charge in [-0.1, -0.05) is 0 Å². The number of aromatic nitrogens is 1. The maximum Gasteiger partial charge on any atom is 0.340 e. The lowest BCUT2D eigenvalue weighted by Gasteiger charge is -2.57. The van der Waals surface area contributed by atoms with Crippen molar-refractivity contribution in [2.45, 2.75) is 57.1 Å². The van der Waals surface area contributed by atoms with Gasteiger partial charge in [0.15, 0.2) is 6.10 Å².